The fourth-order valence-electron chi connectivity index (χ4n) is 1.96. The lowest BCUT2D eigenvalue weighted by molar-refractivity contribution is 0.601. The van der Waals surface area contributed by atoms with Crippen molar-refractivity contribution in [1.82, 2.24) is 5.32 Å². The molecule has 1 aliphatic rings. The number of benzene rings is 1. The van der Waals surface area contributed by atoms with E-state index >= 15 is 0 Å². The number of hydrogen-bond donors (Lipinski definition) is 1. The Kier molecular flexibility index (Phi) is 2.86. The van der Waals surface area contributed by atoms with Gasteiger partial charge in [0.1, 0.15) is 0 Å². The van der Waals surface area contributed by atoms with Gasteiger partial charge >= 0.3 is 0 Å². The van der Waals surface area contributed by atoms with Crippen LogP contribution in [0.15, 0.2) is 28.0 Å². The average Bonchev–Trinajstić information content (AvgIpc) is 2.48. The van der Waals surface area contributed by atoms with Gasteiger partial charge in [0.25, 0.3) is 0 Å². The zero-order valence-electron chi connectivity index (χ0n) is 9.45. The van der Waals surface area contributed by atoms with E-state index in [2.05, 4.69) is 5.32 Å². The molecule has 16 heavy (non-hydrogen) atoms. The Morgan fingerprint density at radius 3 is 2.75 bits per heavy atom. The van der Waals surface area contributed by atoms with Crippen LogP contribution in [0.2, 0.25) is 0 Å². The third kappa shape index (κ3) is 1.68. The Balaban J connectivity index is 2.53. The first kappa shape index (κ1) is 11.4. The van der Waals surface area contributed by atoms with Gasteiger partial charge in [-0.25, -0.2) is 8.42 Å². The Morgan fingerprint density at radius 1 is 1.31 bits per heavy atom. The molecule has 4 heteroatoms. The van der Waals surface area contributed by atoms with Crippen LogP contribution in [0.1, 0.15) is 18.1 Å². The van der Waals surface area contributed by atoms with Gasteiger partial charge in [0.15, 0.2) is 0 Å². The SMILES string of the molecule is CNCCc1cccc2c1S(=O)(=O)C(C)=C2. The molecule has 86 valence electrons. The summed E-state index contributed by atoms with van der Waals surface area (Å²) in [6, 6.07) is 5.65. The molecule has 0 amide bonds. The lowest BCUT2D eigenvalue weighted by Crippen LogP contribution is -2.12. The standard InChI is InChI=1S/C12H15NO2S/c1-9-8-11-5-3-4-10(6-7-13-2)12(11)16(9,14)15/h3-5,8,13H,6-7H2,1-2H3. The van der Waals surface area contributed by atoms with Gasteiger partial charge in [-0.1, -0.05) is 18.2 Å². The molecule has 1 aromatic rings. The second-order valence-electron chi connectivity index (χ2n) is 3.95. The summed E-state index contributed by atoms with van der Waals surface area (Å²) in [4.78, 5) is 0.946. The normalized spacial score (nSPS) is 17.0. The zero-order valence-corrected chi connectivity index (χ0v) is 10.3. The zero-order chi connectivity index (χ0) is 11.8. The summed E-state index contributed by atoms with van der Waals surface area (Å²) >= 11 is 0. The average molecular weight is 237 g/mol. The molecule has 0 fully saturated rings. The highest BCUT2D eigenvalue weighted by atomic mass is 32.2. The molecule has 1 heterocycles. The van der Waals surface area contributed by atoms with E-state index in [-0.39, 0.29) is 0 Å². The topological polar surface area (TPSA) is 46.2 Å². The molecule has 0 unspecified atom stereocenters. The van der Waals surface area contributed by atoms with Crippen LogP contribution in [0.5, 0.6) is 0 Å². The summed E-state index contributed by atoms with van der Waals surface area (Å²) in [5.74, 6) is 0. The number of hydrogen-bond acceptors (Lipinski definition) is 3. The van der Waals surface area contributed by atoms with Crippen molar-refractivity contribution in [2.24, 2.45) is 0 Å². The molecule has 0 spiro atoms. The second kappa shape index (κ2) is 4.03. The van der Waals surface area contributed by atoms with E-state index in [9.17, 15) is 8.42 Å². The highest BCUT2D eigenvalue weighted by molar-refractivity contribution is 7.95. The highest BCUT2D eigenvalue weighted by Crippen LogP contribution is 2.34. The molecule has 0 bridgehead atoms. The Labute approximate surface area is 96.1 Å². The number of sulfone groups is 1. The summed E-state index contributed by atoms with van der Waals surface area (Å²) in [7, 11) is -1.35. The van der Waals surface area contributed by atoms with Crippen molar-refractivity contribution in [2.75, 3.05) is 13.6 Å². The molecule has 0 aliphatic carbocycles. The molecule has 3 nitrogen and oxygen atoms in total. The van der Waals surface area contributed by atoms with Crippen LogP contribution in [0, 0.1) is 0 Å². The van der Waals surface area contributed by atoms with E-state index in [4.69, 9.17) is 0 Å². The second-order valence-corrected chi connectivity index (χ2v) is 6.01. The van der Waals surface area contributed by atoms with Gasteiger partial charge in [-0.2, -0.15) is 0 Å². The first-order valence-electron chi connectivity index (χ1n) is 5.27. The fraction of sp³-hybridized carbons (Fsp3) is 0.333. The van der Waals surface area contributed by atoms with Gasteiger partial charge in [0.2, 0.25) is 9.84 Å². The van der Waals surface area contributed by atoms with Crippen molar-refractivity contribution >= 4 is 15.9 Å². The lowest BCUT2D eigenvalue weighted by Gasteiger charge is -2.08. The fourth-order valence-corrected chi connectivity index (χ4v) is 3.52. The highest BCUT2D eigenvalue weighted by Gasteiger charge is 2.28. The number of nitrogens with one attached hydrogen (secondary N) is 1. The van der Waals surface area contributed by atoms with Crippen LogP contribution in [0.4, 0.5) is 0 Å². The van der Waals surface area contributed by atoms with E-state index in [1.807, 2.05) is 25.2 Å². The van der Waals surface area contributed by atoms with Gasteiger partial charge in [-0.3, -0.25) is 0 Å². The molecule has 0 atom stereocenters. The molecule has 0 radical (unpaired) electrons. The molecule has 1 N–H and O–H groups in total. The van der Waals surface area contributed by atoms with E-state index in [1.54, 1.807) is 13.0 Å². The number of fused-ring (bicyclic) bond motifs is 1. The Bertz CT molecular complexity index is 544. The van der Waals surface area contributed by atoms with Crippen molar-refractivity contribution in [3.05, 3.63) is 34.2 Å². The van der Waals surface area contributed by atoms with E-state index in [0.29, 0.717) is 9.80 Å². The van der Waals surface area contributed by atoms with Crippen LogP contribution in [-0.4, -0.2) is 22.0 Å². The predicted octanol–water partition coefficient (Wildman–Crippen LogP) is 1.60. The van der Waals surface area contributed by atoms with Gasteiger partial charge in [-0.05, 0) is 44.1 Å². The molecule has 0 saturated carbocycles. The Morgan fingerprint density at radius 2 is 2.06 bits per heavy atom. The lowest BCUT2D eigenvalue weighted by atomic mass is 10.1. The number of allylic oxidation sites excluding steroid dienone is 1. The van der Waals surface area contributed by atoms with Crippen molar-refractivity contribution in [2.45, 2.75) is 18.2 Å². The van der Waals surface area contributed by atoms with Crippen LogP contribution >= 0.6 is 0 Å². The molecule has 0 saturated heterocycles. The molecule has 2 rings (SSSR count). The summed E-state index contributed by atoms with van der Waals surface area (Å²) in [6.07, 6.45) is 2.48. The maximum atomic E-state index is 12.1. The molecular formula is C12H15NO2S. The largest absolute Gasteiger partial charge is 0.319 e. The first-order valence-corrected chi connectivity index (χ1v) is 6.75. The summed E-state index contributed by atoms with van der Waals surface area (Å²) in [5, 5.41) is 3.03. The van der Waals surface area contributed by atoms with Crippen molar-refractivity contribution in [3.63, 3.8) is 0 Å². The third-order valence-electron chi connectivity index (χ3n) is 2.82. The minimum atomic E-state index is -3.21. The molecular weight excluding hydrogens is 222 g/mol. The van der Waals surface area contributed by atoms with Crippen LogP contribution in [0.3, 0.4) is 0 Å². The summed E-state index contributed by atoms with van der Waals surface area (Å²) in [5.41, 5.74) is 1.73. The first-order chi connectivity index (χ1) is 7.57. The monoisotopic (exact) mass is 237 g/mol. The van der Waals surface area contributed by atoms with Gasteiger partial charge in [0, 0.05) is 4.91 Å². The Hall–Kier alpha value is -1.13. The van der Waals surface area contributed by atoms with Crippen molar-refractivity contribution in [1.29, 1.82) is 0 Å². The summed E-state index contributed by atoms with van der Waals surface area (Å²) < 4.78 is 24.2. The van der Waals surface area contributed by atoms with E-state index in [1.165, 1.54) is 0 Å². The maximum absolute atomic E-state index is 12.1. The quantitative estimate of drug-likeness (QED) is 0.868. The minimum absolute atomic E-state index is 0.444. The maximum Gasteiger partial charge on any atom is 0.203 e. The van der Waals surface area contributed by atoms with E-state index in [0.717, 1.165) is 24.1 Å². The molecule has 1 aromatic carbocycles. The van der Waals surface area contributed by atoms with Crippen LogP contribution < -0.4 is 5.32 Å². The van der Waals surface area contributed by atoms with Crippen molar-refractivity contribution in [3.8, 4) is 0 Å². The predicted molar refractivity (Wildman–Crippen MR) is 64.9 cm³/mol. The molecule has 1 aliphatic heterocycles. The van der Waals surface area contributed by atoms with Gasteiger partial charge in [-0.15, -0.1) is 0 Å². The van der Waals surface area contributed by atoms with E-state index < -0.39 is 9.84 Å². The van der Waals surface area contributed by atoms with Gasteiger partial charge < -0.3 is 5.32 Å². The third-order valence-corrected chi connectivity index (χ3v) is 4.82. The molecule has 0 aromatic heterocycles. The van der Waals surface area contributed by atoms with Crippen LogP contribution in [0.25, 0.3) is 6.08 Å². The van der Waals surface area contributed by atoms with Crippen LogP contribution in [-0.2, 0) is 16.3 Å². The summed E-state index contributed by atoms with van der Waals surface area (Å²) in [6.45, 7) is 2.43. The number of likely N-dealkylation sites (N-methyl/N-ethyl adjacent to an activating group) is 1. The van der Waals surface area contributed by atoms with Gasteiger partial charge in [0.05, 0.1) is 4.90 Å². The smallest absolute Gasteiger partial charge is 0.203 e. The van der Waals surface area contributed by atoms with Crippen molar-refractivity contribution < 1.29 is 8.42 Å². The number of rotatable bonds is 3. The minimum Gasteiger partial charge on any atom is -0.319 e.